The van der Waals surface area contributed by atoms with Crippen molar-refractivity contribution in [1.82, 2.24) is 9.88 Å². The normalized spacial score (nSPS) is 15.3. The van der Waals surface area contributed by atoms with E-state index >= 15 is 0 Å². The molecule has 0 saturated heterocycles. The van der Waals surface area contributed by atoms with Crippen molar-refractivity contribution in [3.8, 4) is 16.8 Å². The minimum Gasteiger partial charge on any atom is -0.344 e. The second kappa shape index (κ2) is 13.0. The van der Waals surface area contributed by atoms with Gasteiger partial charge in [0.1, 0.15) is 12.0 Å². The lowest BCUT2D eigenvalue weighted by atomic mass is 10.00. The lowest BCUT2D eigenvalue weighted by molar-refractivity contribution is 0.675. The molecule has 10 aromatic rings. The van der Waals surface area contributed by atoms with Gasteiger partial charge in [0.2, 0.25) is 0 Å². The van der Waals surface area contributed by atoms with E-state index in [-0.39, 0.29) is 6.17 Å². The SMILES string of the molecule is C1=Cc2c(n(-c3ccc4c(c3)sc3c(-c5ccc6sc7ccc(C8N=C(c9ccccc9)N=C(c9ccccc9)N8)cc7c6c5)cccc34)c3ccccc23)CC1. The maximum Gasteiger partial charge on any atom is 0.159 e. The molecule has 0 fully saturated rings. The van der Waals surface area contributed by atoms with Crippen molar-refractivity contribution in [2.45, 2.75) is 19.0 Å². The van der Waals surface area contributed by atoms with Gasteiger partial charge in [-0.3, -0.25) is 0 Å². The Hall–Kier alpha value is -6.60. The minimum absolute atomic E-state index is 0.279. The van der Waals surface area contributed by atoms with Crippen molar-refractivity contribution in [1.29, 1.82) is 0 Å². The lowest BCUT2D eigenvalue weighted by Crippen LogP contribution is -2.33. The van der Waals surface area contributed by atoms with E-state index in [1.165, 1.54) is 79.3 Å². The van der Waals surface area contributed by atoms with Gasteiger partial charge in [0, 0.05) is 73.8 Å². The first-order valence-electron chi connectivity index (χ1n) is 19.5. The summed E-state index contributed by atoms with van der Waals surface area (Å²) in [5.74, 6) is 1.56. The first-order valence-corrected chi connectivity index (χ1v) is 21.1. The number of para-hydroxylation sites is 1. The number of aliphatic imine (C=N–C) groups is 2. The van der Waals surface area contributed by atoms with Gasteiger partial charge in [0.15, 0.2) is 5.84 Å². The summed E-state index contributed by atoms with van der Waals surface area (Å²) in [6, 6.07) is 57.1. The van der Waals surface area contributed by atoms with Gasteiger partial charge >= 0.3 is 0 Å². The average Bonchev–Trinajstić information content (AvgIpc) is 3.95. The van der Waals surface area contributed by atoms with E-state index in [4.69, 9.17) is 9.98 Å². The van der Waals surface area contributed by atoms with Crippen LogP contribution in [-0.4, -0.2) is 16.2 Å². The largest absolute Gasteiger partial charge is 0.344 e. The second-order valence-corrected chi connectivity index (χ2v) is 17.0. The number of thiophene rings is 2. The number of rotatable bonds is 5. The molecule has 270 valence electrons. The molecule has 1 unspecified atom stereocenters. The highest BCUT2D eigenvalue weighted by Crippen LogP contribution is 2.44. The van der Waals surface area contributed by atoms with Crippen LogP contribution in [0.1, 0.15) is 40.5 Å². The van der Waals surface area contributed by atoms with Crippen LogP contribution in [0, 0.1) is 0 Å². The van der Waals surface area contributed by atoms with Crippen molar-refractivity contribution in [2.75, 3.05) is 0 Å². The number of allylic oxidation sites excluding steroid dienone is 1. The highest BCUT2D eigenvalue weighted by molar-refractivity contribution is 7.26. The van der Waals surface area contributed by atoms with E-state index in [2.05, 4.69) is 155 Å². The minimum atomic E-state index is -0.279. The van der Waals surface area contributed by atoms with Gasteiger partial charge in [-0.25, -0.2) is 9.98 Å². The third kappa shape index (κ3) is 5.32. The van der Waals surface area contributed by atoms with Gasteiger partial charge in [-0.1, -0.05) is 127 Å². The summed E-state index contributed by atoms with van der Waals surface area (Å²) in [7, 11) is 0. The Morgan fingerprint density at radius 3 is 2.23 bits per heavy atom. The summed E-state index contributed by atoms with van der Waals surface area (Å²) in [5.41, 5.74) is 11.0. The zero-order valence-electron chi connectivity index (χ0n) is 30.8. The second-order valence-electron chi connectivity index (χ2n) is 14.9. The third-order valence-corrected chi connectivity index (χ3v) is 13.9. The molecule has 12 rings (SSSR count). The Morgan fingerprint density at radius 1 is 0.579 bits per heavy atom. The highest BCUT2D eigenvalue weighted by Gasteiger charge is 2.23. The van der Waals surface area contributed by atoms with Crippen LogP contribution in [0.15, 0.2) is 174 Å². The first kappa shape index (κ1) is 32.6. The summed E-state index contributed by atoms with van der Waals surface area (Å²) in [6.45, 7) is 0. The molecule has 0 amide bonds. The van der Waals surface area contributed by atoms with Crippen LogP contribution in [0.3, 0.4) is 0 Å². The van der Waals surface area contributed by atoms with E-state index in [0.29, 0.717) is 0 Å². The number of nitrogens with one attached hydrogen (secondary N) is 1. The molecule has 4 heterocycles. The molecule has 0 spiro atoms. The summed E-state index contributed by atoms with van der Waals surface area (Å²) < 4.78 is 7.69. The molecule has 1 aliphatic carbocycles. The Labute approximate surface area is 337 Å². The molecule has 4 nitrogen and oxygen atoms in total. The van der Waals surface area contributed by atoms with Gasteiger partial charge in [-0.05, 0) is 72.0 Å². The van der Waals surface area contributed by atoms with Crippen molar-refractivity contribution in [3.63, 3.8) is 0 Å². The van der Waals surface area contributed by atoms with E-state index in [1.807, 2.05) is 46.9 Å². The molecule has 7 aromatic carbocycles. The predicted octanol–water partition coefficient (Wildman–Crippen LogP) is 13.5. The summed E-state index contributed by atoms with van der Waals surface area (Å²) in [6.07, 6.45) is 6.48. The Morgan fingerprint density at radius 2 is 1.35 bits per heavy atom. The standard InChI is InChI=1S/C51H34N4S2/c1-3-12-31(13-4-1)49-52-50(32-14-5-2-6-15-32)54-51(53-49)34-23-27-46-42(29-34)41-28-33(22-26-45(41)56-46)36-18-11-19-40-39-25-24-35(30-47(39)57-48(36)40)55-43-20-9-7-16-37(43)38-17-8-10-21-44(38)55/h1-9,11-20,22-30,51H,10,21H2,(H,52,53,54). The van der Waals surface area contributed by atoms with Gasteiger partial charge in [-0.2, -0.15) is 0 Å². The zero-order chi connectivity index (χ0) is 37.5. The highest BCUT2D eigenvalue weighted by atomic mass is 32.1. The fourth-order valence-electron chi connectivity index (χ4n) is 8.83. The molecule has 6 heteroatoms. The van der Waals surface area contributed by atoms with Gasteiger partial charge in [0.25, 0.3) is 0 Å². The fourth-order valence-corrected chi connectivity index (χ4v) is 11.2. The number of amidine groups is 2. The van der Waals surface area contributed by atoms with Crippen molar-refractivity contribution in [3.05, 3.63) is 192 Å². The van der Waals surface area contributed by atoms with E-state index < -0.39 is 0 Å². The first-order chi connectivity index (χ1) is 28.2. The van der Waals surface area contributed by atoms with Crippen LogP contribution >= 0.6 is 22.7 Å². The number of hydrogen-bond acceptors (Lipinski definition) is 5. The summed E-state index contributed by atoms with van der Waals surface area (Å²) in [4.78, 5) is 10.2. The van der Waals surface area contributed by atoms with Crippen molar-refractivity contribution < 1.29 is 0 Å². The molecule has 1 atom stereocenters. The van der Waals surface area contributed by atoms with Gasteiger partial charge < -0.3 is 9.88 Å². The van der Waals surface area contributed by atoms with Gasteiger partial charge in [0.05, 0.1) is 5.52 Å². The molecule has 0 saturated carbocycles. The smallest absolute Gasteiger partial charge is 0.159 e. The molecular weight excluding hydrogens is 733 g/mol. The molecule has 1 aliphatic heterocycles. The zero-order valence-corrected chi connectivity index (χ0v) is 32.4. The summed E-state index contributed by atoms with van der Waals surface area (Å²) in [5, 5.41) is 10.1. The molecule has 2 aliphatic rings. The molecule has 57 heavy (non-hydrogen) atoms. The third-order valence-electron chi connectivity index (χ3n) is 11.5. The topological polar surface area (TPSA) is 41.7 Å². The van der Waals surface area contributed by atoms with E-state index in [9.17, 15) is 0 Å². The van der Waals surface area contributed by atoms with Crippen LogP contribution in [0.2, 0.25) is 0 Å². The number of fused-ring (bicyclic) bond motifs is 9. The number of nitrogens with zero attached hydrogens (tertiary/aromatic N) is 3. The number of aromatic nitrogens is 1. The quantitative estimate of drug-likeness (QED) is 0.186. The molecule has 1 N–H and O–H groups in total. The van der Waals surface area contributed by atoms with Gasteiger partial charge in [-0.15, -0.1) is 22.7 Å². The van der Waals surface area contributed by atoms with Crippen molar-refractivity contribution in [2.24, 2.45) is 9.98 Å². The number of hydrogen-bond donors (Lipinski definition) is 1. The lowest BCUT2D eigenvalue weighted by Gasteiger charge is -2.23. The average molecular weight is 767 g/mol. The predicted molar refractivity (Wildman–Crippen MR) is 244 cm³/mol. The maximum atomic E-state index is 5.17. The molecule has 3 aromatic heterocycles. The Bertz CT molecular complexity index is 3330. The fraction of sp³-hybridized carbons (Fsp3) is 0.0588. The van der Waals surface area contributed by atoms with Crippen molar-refractivity contribution >= 4 is 91.7 Å². The van der Waals surface area contributed by atoms with Crippen LogP contribution in [0.4, 0.5) is 0 Å². The van der Waals surface area contributed by atoms with Crippen LogP contribution in [0.25, 0.3) is 74.1 Å². The summed E-state index contributed by atoms with van der Waals surface area (Å²) >= 11 is 3.76. The van der Waals surface area contributed by atoms with E-state index in [1.54, 1.807) is 0 Å². The van der Waals surface area contributed by atoms with Crippen LogP contribution in [0.5, 0.6) is 0 Å². The Kier molecular flexibility index (Phi) is 7.43. The number of benzene rings is 7. The molecule has 0 bridgehead atoms. The molecular formula is C51H34N4S2. The van der Waals surface area contributed by atoms with Crippen LogP contribution < -0.4 is 5.32 Å². The van der Waals surface area contributed by atoms with Crippen LogP contribution in [-0.2, 0) is 6.42 Å². The molecule has 0 radical (unpaired) electrons. The Balaban J connectivity index is 0.955. The monoisotopic (exact) mass is 766 g/mol. The van der Waals surface area contributed by atoms with E-state index in [0.717, 1.165) is 41.2 Å². The maximum absolute atomic E-state index is 5.17.